The number of rotatable bonds is 6. The van der Waals surface area contributed by atoms with Gasteiger partial charge in [0.2, 0.25) is 0 Å². The molecule has 0 bridgehead atoms. The molecule has 116 valence electrons. The van der Waals surface area contributed by atoms with Gasteiger partial charge in [0.05, 0.1) is 0 Å². The number of carboxylic acid groups (broad SMARTS) is 1. The predicted octanol–water partition coefficient (Wildman–Crippen LogP) is 2.98. The normalized spacial score (nSPS) is 11.7. The van der Waals surface area contributed by atoms with Gasteiger partial charge in [0, 0.05) is 11.3 Å². The zero-order valence-electron chi connectivity index (χ0n) is 12.1. The third kappa shape index (κ3) is 4.89. The summed E-state index contributed by atoms with van der Waals surface area (Å²) in [6, 6.07) is 10.1. The molecular weight excluding hydrogens is 302 g/mol. The fourth-order valence-electron chi connectivity index (χ4n) is 1.91. The largest absolute Gasteiger partial charge is 0.480 e. The maximum Gasteiger partial charge on any atom is 0.408 e. The number of carbonyl (C=O) groups is 2. The van der Waals surface area contributed by atoms with Gasteiger partial charge in [-0.25, -0.2) is 9.59 Å². The number of benzene rings is 1. The van der Waals surface area contributed by atoms with Crippen molar-refractivity contribution in [3.63, 3.8) is 0 Å². The van der Waals surface area contributed by atoms with Crippen molar-refractivity contribution >= 4 is 23.4 Å². The average Bonchev–Trinajstić information content (AvgIpc) is 2.91. The van der Waals surface area contributed by atoms with E-state index in [-0.39, 0.29) is 13.0 Å². The van der Waals surface area contributed by atoms with Gasteiger partial charge >= 0.3 is 12.1 Å². The van der Waals surface area contributed by atoms with Gasteiger partial charge in [0.25, 0.3) is 0 Å². The summed E-state index contributed by atoms with van der Waals surface area (Å²) in [7, 11) is 0. The summed E-state index contributed by atoms with van der Waals surface area (Å²) in [5, 5.41) is 13.5. The minimum absolute atomic E-state index is 0.108. The van der Waals surface area contributed by atoms with Gasteiger partial charge < -0.3 is 15.2 Å². The molecule has 1 heterocycles. The fourth-order valence-corrected chi connectivity index (χ4v) is 2.83. The summed E-state index contributed by atoms with van der Waals surface area (Å²) in [5.41, 5.74) is 1.93. The van der Waals surface area contributed by atoms with E-state index in [0.717, 1.165) is 16.0 Å². The van der Waals surface area contributed by atoms with Crippen molar-refractivity contribution in [2.45, 2.75) is 26.0 Å². The minimum Gasteiger partial charge on any atom is -0.480 e. The third-order valence-corrected chi connectivity index (χ3v) is 4.07. The number of nitrogens with one attached hydrogen (secondary N) is 1. The van der Waals surface area contributed by atoms with E-state index >= 15 is 0 Å². The predicted molar refractivity (Wildman–Crippen MR) is 83.9 cm³/mol. The molecular formula is C16H17NO4S. The van der Waals surface area contributed by atoms with E-state index in [4.69, 9.17) is 4.74 Å². The van der Waals surface area contributed by atoms with Crippen molar-refractivity contribution in [3.8, 4) is 0 Å². The van der Waals surface area contributed by atoms with Crippen molar-refractivity contribution in [2.24, 2.45) is 0 Å². The maximum atomic E-state index is 11.7. The average molecular weight is 319 g/mol. The zero-order chi connectivity index (χ0) is 15.9. The molecule has 1 aromatic heterocycles. The highest BCUT2D eigenvalue weighted by molar-refractivity contribution is 7.10. The molecule has 5 nitrogen and oxygen atoms in total. The Hall–Kier alpha value is -2.34. The molecule has 0 saturated heterocycles. The lowest BCUT2D eigenvalue weighted by molar-refractivity contribution is -0.139. The van der Waals surface area contributed by atoms with Crippen molar-refractivity contribution in [1.29, 1.82) is 0 Å². The Bertz CT molecular complexity index is 639. The summed E-state index contributed by atoms with van der Waals surface area (Å²) in [4.78, 5) is 23.9. The lowest BCUT2D eigenvalue weighted by atomic mass is 10.2. The van der Waals surface area contributed by atoms with Gasteiger partial charge in [0.15, 0.2) is 0 Å². The second-order valence-electron chi connectivity index (χ2n) is 4.89. The Labute approximate surface area is 132 Å². The Kier molecular flexibility index (Phi) is 5.55. The fraction of sp³-hybridized carbons (Fsp3) is 0.250. The van der Waals surface area contributed by atoms with E-state index in [2.05, 4.69) is 5.32 Å². The van der Waals surface area contributed by atoms with Gasteiger partial charge in [-0.2, -0.15) is 0 Å². The monoisotopic (exact) mass is 319 g/mol. The van der Waals surface area contributed by atoms with Crippen molar-refractivity contribution in [1.82, 2.24) is 5.32 Å². The summed E-state index contributed by atoms with van der Waals surface area (Å²) >= 11 is 1.48. The number of carboxylic acids is 1. The molecule has 0 aliphatic carbocycles. The quantitative estimate of drug-likeness (QED) is 0.858. The maximum absolute atomic E-state index is 11.7. The van der Waals surface area contributed by atoms with Crippen LogP contribution in [0.15, 0.2) is 41.8 Å². The van der Waals surface area contributed by atoms with Crippen molar-refractivity contribution < 1.29 is 19.4 Å². The lowest BCUT2D eigenvalue weighted by Gasteiger charge is -2.13. The van der Waals surface area contributed by atoms with Crippen LogP contribution in [0.25, 0.3) is 0 Å². The second kappa shape index (κ2) is 7.61. The number of carbonyl (C=O) groups excluding carboxylic acids is 1. The van der Waals surface area contributed by atoms with Crippen LogP contribution in [0.1, 0.15) is 16.0 Å². The molecule has 1 aromatic carbocycles. The van der Waals surface area contributed by atoms with Gasteiger partial charge in [-0.3, -0.25) is 0 Å². The first-order valence-corrected chi connectivity index (χ1v) is 7.66. The van der Waals surface area contributed by atoms with Gasteiger partial charge in [0.1, 0.15) is 12.6 Å². The van der Waals surface area contributed by atoms with E-state index in [1.807, 2.05) is 48.7 Å². The van der Waals surface area contributed by atoms with Crippen LogP contribution >= 0.6 is 11.3 Å². The number of alkyl carbamates (subject to hydrolysis) is 1. The van der Waals surface area contributed by atoms with E-state index in [9.17, 15) is 14.7 Å². The van der Waals surface area contributed by atoms with Crippen LogP contribution in [-0.4, -0.2) is 23.2 Å². The topological polar surface area (TPSA) is 75.6 Å². The molecule has 0 saturated carbocycles. The summed E-state index contributed by atoms with van der Waals surface area (Å²) in [6.45, 7) is 2.05. The second-order valence-corrected chi connectivity index (χ2v) is 5.89. The molecule has 0 unspecified atom stereocenters. The van der Waals surface area contributed by atoms with Crippen molar-refractivity contribution in [3.05, 3.63) is 57.8 Å². The summed E-state index contributed by atoms with van der Waals surface area (Å²) in [6.07, 6.45) is -0.488. The van der Waals surface area contributed by atoms with Crippen LogP contribution in [0.2, 0.25) is 0 Å². The number of hydrogen-bond acceptors (Lipinski definition) is 4. The molecule has 22 heavy (non-hydrogen) atoms. The first-order chi connectivity index (χ1) is 10.5. The SMILES string of the molecule is Cc1csc(C[C@H](NC(=O)OCc2ccccc2)C(=O)O)c1. The number of amides is 1. The molecule has 0 aliphatic rings. The van der Waals surface area contributed by atoms with E-state index in [1.54, 1.807) is 0 Å². The highest BCUT2D eigenvalue weighted by Crippen LogP contribution is 2.15. The Morgan fingerprint density at radius 3 is 2.64 bits per heavy atom. The van der Waals surface area contributed by atoms with Gasteiger partial charge in [-0.05, 0) is 29.5 Å². The van der Waals surface area contributed by atoms with E-state index < -0.39 is 18.1 Å². The Morgan fingerprint density at radius 1 is 1.32 bits per heavy atom. The summed E-state index contributed by atoms with van der Waals surface area (Å²) < 4.78 is 5.04. The molecule has 6 heteroatoms. The Morgan fingerprint density at radius 2 is 2.05 bits per heavy atom. The molecule has 1 atom stereocenters. The van der Waals surface area contributed by atoms with Crippen LogP contribution in [0.5, 0.6) is 0 Å². The minimum atomic E-state index is -1.08. The molecule has 0 radical (unpaired) electrons. The van der Waals surface area contributed by atoms with Crippen LogP contribution in [0.4, 0.5) is 4.79 Å². The number of thiophene rings is 1. The van der Waals surface area contributed by atoms with Gasteiger partial charge in [-0.15, -0.1) is 11.3 Å². The van der Waals surface area contributed by atoms with Gasteiger partial charge in [-0.1, -0.05) is 30.3 Å². The lowest BCUT2D eigenvalue weighted by Crippen LogP contribution is -2.42. The zero-order valence-corrected chi connectivity index (χ0v) is 12.9. The van der Waals surface area contributed by atoms with Crippen molar-refractivity contribution in [2.75, 3.05) is 0 Å². The van der Waals surface area contributed by atoms with E-state index in [0.29, 0.717) is 0 Å². The number of hydrogen-bond donors (Lipinski definition) is 2. The van der Waals surface area contributed by atoms with Crippen LogP contribution in [0.3, 0.4) is 0 Å². The number of aryl methyl sites for hydroxylation is 1. The van der Waals surface area contributed by atoms with Crippen LogP contribution < -0.4 is 5.32 Å². The van der Waals surface area contributed by atoms with Crippen LogP contribution in [0, 0.1) is 6.92 Å². The van der Waals surface area contributed by atoms with Crippen LogP contribution in [-0.2, 0) is 22.6 Å². The first-order valence-electron chi connectivity index (χ1n) is 6.78. The number of ether oxygens (including phenoxy) is 1. The standard InChI is InChI=1S/C16H17NO4S/c1-11-7-13(22-10-11)8-14(15(18)19)17-16(20)21-9-12-5-3-2-4-6-12/h2-7,10,14H,8-9H2,1H3,(H,17,20)(H,18,19)/t14-/m0/s1. The highest BCUT2D eigenvalue weighted by atomic mass is 32.1. The first kappa shape index (κ1) is 16.0. The van der Waals surface area contributed by atoms with E-state index in [1.165, 1.54) is 11.3 Å². The molecule has 0 aliphatic heterocycles. The molecule has 2 aromatic rings. The molecule has 2 rings (SSSR count). The Balaban J connectivity index is 1.87. The molecule has 1 amide bonds. The molecule has 0 fully saturated rings. The molecule has 0 spiro atoms. The third-order valence-electron chi connectivity index (χ3n) is 2.99. The smallest absolute Gasteiger partial charge is 0.408 e. The molecule has 2 N–H and O–H groups in total. The highest BCUT2D eigenvalue weighted by Gasteiger charge is 2.21. The number of aliphatic carboxylic acids is 1. The summed E-state index contributed by atoms with van der Waals surface area (Å²) in [5.74, 6) is -1.08.